The lowest BCUT2D eigenvalue weighted by molar-refractivity contribution is 0.0416. The molecule has 0 heterocycles. The van der Waals surface area contributed by atoms with Crippen molar-refractivity contribution in [1.29, 1.82) is 0 Å². The van der Waals surface area contributed by atoms with Crippen molar-refractivity contribution in [3.8, 4) is 0 Å². The molecule has 68 valence electrons. The van der Waals surface area contributed by atoms with Crippen molar-refractivity contribution in [2.75, 3.05) is 26.6 Å². The van der Waals surface area contributed by atoms with E-state index in [2.05, 4.69) is 9.47 Å². The van der Waals surface area contributed by atoms with Gasteiger partial charge >= 0.3 is 10.2 Å². The monoisotopic (exact) mass is 186 g/mol. The normalized spacial score (nSPS) is 14.8. The van der Waals surface area contributed by atoms with E-state index >= 15 is 0 Å². The highest BCUT2D eigenvalue weighted by Crippen LogP contribution is 1.99. The molecule has 0 aromatic rings. The summed E-state index contributed by atoms with van der Waals surface area (Å²) in [6.07, 6.45) is -0.727. The largest absolute Gasteiger partial charge is 0.382 e. The number of hydrogen-bond acceptors (Lipinski definition) is 4. The molecule has 0 aliphatic rings. The van der Waals surface area contributed by atoms with E-state index in [0.29, 0.717) is 0 Å². The average molecular weight is 186 g/mol. The predicted octanol–water partition coefficient (Wildman–Crippen LogP) is -0.0529. The molecule has 0 saturated heterocycles. The van der Waals surface area contributed by atoms with Crippen LogP contribution in [0.4, 0.5) is 3.89 Å². The summed E-state index contributed by atoms with van der Waals surface area (Å²) in [5.41, 5.74) is 0. The summed E-state index contributed by atoms with van der Waals surface area (Å²) in [4.78, 5) is 0. The van der Waals surface area contributed by atoms with E-state index < -0.39 is 22.1 Å². The number of halogens is 1. The molecule has 6 heteroatoms. The number of methoxy groups -OCH3 is 2. The Labute approximate surface area is 65.5 Å². The van der Waals surface area contributed by atoms with E-state index in [4.69, 9.17) is 0 Å². The predicted molar refractivity (Wildman–Crippen MR) is 37.6 cm³/mol. The number of hydrogen-bond donors (Lipinski definition) is 0. The zero-order valence-electron chi connectivity index (χ0n) is 6.41. The number of ether oxygens (including phenoxy) is 2. The van der Waals surface area contributed by atoms with Gasteiger partial charge in [0.25, 0.3) is 0 Å². The quantitative estimate of drug-likeness (QED) is 0.565. The van der Waals surface area contributed by atoms with Gasteiger partial charge in [0.1, 0.15) is 5.75 Å². The minimum absolute atomic E-state index is 0.0691. The third-order valence-electron chi connectivity index (χ3n) is 1.07. The summed E-state index contributed by atoms with van der Waals surface area (Å²) in [6, 6.07) is 0. The smallest absolute Gasteiger partial charge is 0.305 e. The summed E-state index contributed by atoms with van der Waals surface area (Å²) in [5.74, 6) is -0.655. The zero-order valence-corrected chi connectivity index (χ0v) is 7.23. The summed E-state index contributed by atoms with van der Waals surface area (Å²) in [5, 5.41) is 0. The van der Waals surface area contributed by atoms with E-state index in [1.54, 1.807) is 0 Å². The Balaban J connectivity index is 3.88. The van der Waals surface area contributed by atoms with Crippen molar-refractivity contribution in [1.82, 2.24) is 0 Å². The molecule has 0 amide bonds. The van der Waals surface area contributed by atoms with Gasteiger partial charge in [-0.1, -0.05) is 0 Å². The first-order valence-electron chi connectivity index (χ1n) is 2.93. The molecule has 0 spiro atoms. The van der Waals surface area contributed by atoms with Gasteiger partial charge in [0.15, 0.2) is 0 Å². The fraction of sp³-hybridized carbons (Fsp3) is 1.00. The van der Waals surface area contributed by atoms with Crippen molar-refractivity contribution < 1.29 is 21.8 Å². The standard InChI is InChI=1S/C5H11FO4S/c1-9-3-5(10-2)4-11(6,7)8/h5H,3-4H2,1-2H3/t5-/m1/s1. The maximum absolute atomic E-state index is 12.0. The van der Waals surface area contributed by atoms with Crippen molar-refractivity contribution >= 4 is 10.2 Å². The lowest BCUT2D eigenvalue weighted by Gasteiger charge is -2.10. The van der Waals surface area contributed by atoms with Crippen LogP contribution in [-0.4, -0.2) is 41.1 Å². The maximum atomic E-state index is 12.0. The van der Waals surface area contributed by atoms with Gasteiger partial charge in [0.05, 0.1) is 12.7 Å². The molecule has 0 aromatic heterocycles. The van der Waals surface area contributed by atoms with Gasteiger partial charge in [-0.25, -0.2) is 0 Å². The van der Waals surface area contributed by atoms with Crippen LogP contribution in [0.25, 0.3) is 0 Å². The Bertz CT molecular complexity index is 189. The van der Waals surface area contributed by atoms with E-state index in [0.717, 1.165) is 0 Å². The van der Waals surface area contributed by atoms with E-state index in [1.807, 2.05) is 0 Å². The summed E-state index contributed by atoms with van der Waals surface area (Å²) >= 11 is 0. The van der Waals surface area contributed by atoms with Crippen LogP contribution >= 0.6 is 0 Å². The fourth-order valence-electron chi connectivity index (χ4n) is 0.592. The highest BCUT2D eigenvalue weighted by Gasteiger charge is 2.17. The Kier molecular flexibility index (Phi) is 4.55. The summed E-state index contributed by atoms with van der Waals surface area (Å²) in [6.45, 7) is 0.0691. The van der Waals surface area contributed by atoms with Crippen LogP contribution in [0.15, 0.2) is 0 Å². The molecule has 0 aliphatic carbocycles. The first-order valence-corrected chi connectivity index (χ1v) is 4.49. The molecule has 0 saturated carbocycles. The average Bonchev–Trinajstić information content (AvgIpc) is 1.84. The first kappa shape index (κ1) is 10.8. The molecule has 0 aromatic carbocycles. The molecule has 0 N–H and O–H groups in total. The molecular formula is C5H11FO4S. The van der Waals surface area contributed by atoms with Gasteiger partial charge in [-0.3, -0.25) is 0 Å². The third kappa shape index (κ3) is 6.21. The third-order valence-corrected chi connectivity index (χ3v) is 1.84. The SMILES string of the molecule is COC[C@H](CS(=O)(=O)F)OC. The molecule has 1 atom stereocenters. The lowest BCUT2D eigenvalue weighted by Crippen LogP contribution is -2.25. The van der Waals surface area contributed by atoms with Gasteiger partial charge < -0.3 is 9.47 Å². The fourth-order valence-corrected chi connectivity index (χ4v) is 1.27. The highest BCUT2D eigenvalue weighted by atomic mass is 32.3. The molecule has 0 rings (SSSR count). The van der Waals surface area contributed by atoms with Gasteiger partial charge in [-0.2, -0.15) is 8.42 Å². The molecule has 11 heavy (non-hydrogen) atoms. The minimum atomic E-state index is -4.46. The van der Waals surface area contributed by atoms with Crippen LogP contribution < -0.4 is 0 Å². The Morgan fingerprint density at radius 3 is 2.27 bits per heavy atom. The molecule has 0 aliphatic heterocycles. The van der Waals surface area contributed by atoms with Crippen LogP contribution in [-0.2, 0) is 19.7 Å². The molecule has 4 nitrogen and oxygen atoms in total. The van der Waals surface area contributed by atoms with Gasteiger partial charge in [-0.05, 0) is 0 Å². The van der Waals surface area contributed by atoms with E-state index in [9.17, 15) is 12.3 Å². The second-order valence-corrected chi connectivity index (χ2v) is 3.43. The second kappa shape index (κ2) is 4.63. The summed E-state index contributed by atoms with van der Waals surface area (Å²) in [7, 11) is -1.78. The molecule has 0 bridgehead atoms. The van der Waals surface area contributed by atoms with Crippen molar-refractivity contribution in [2.24, 2.45) is 0 Å². The van der Waals surface area contributed by atoms with Crippen LogP contribution in [0, 0.1) is 0 Å². The molecular weight excluding hydrogens is 175 g/mol. The minimum Gasteiger partial charge on any atom is -0.382 e. The summed E-state index contributed by atoms with van der Waals surface area (Å²) < 4.78 is 41.3. The van der Waals surface area contributed by atoms with Crippen LogP contribution in [0.1, 0.15) is 0 Å². The Hall–Kier alpha value is -0.200. The molecule has 0 unspecified atom stereocenters. The van der Waals surface area contributed by atoms with Crippen molar-refractivity contribution in [3.63, 3.8) is 0 Å². The number of rotatable bonds is 5. The van der Waals surface area contributed by atoms with Crippen LogP contribution in [0.2, 0.25) is 0 Å². The van der Waals surface area contributed by atoms with Gasteiger partial charge in [-0.15, -0.1) is 3.89 Å². The Morgan fingerprint density at radius 2 is 2.00 bits per heavy atom. The van der Waals surface area contributed by atoms with E-state index in [-0.39, 0.29) is 6.61 Å². The van der Waals surface area contributed by atoms with Crippen LogP contribution in [0.3, 0.4) is 0 Å². The Morgan fingerprint density at radius 1 is 1.45 bits per heavy atom. The maximum Gasteiger partial charge on any atom is 0.305 e. The van der Waals surface area contributed by atoms with Crippen molar-refractivity contribution in [2.45, 2.75) is 6.10 Å². The van der Waals surface area contributed by atoms with Crippen molar-refractivity contribution in [3.05, 3.63) is 0 Å². The highest BCUT2D eigenvalue weighted by molar-refractivity contribution is 7.86. The molecule has 0 radical (unpaired) electrons. The second-order valence-electron chi connectivity index (χ2n) is 2.02. The van der Waals surface area contributed by atoms with E-state index in [1.165, 1.54) is 14.2 Å². The van der Waals surface area contributed by atoms with Crippen LogP contribution in [0.5, 0.6) is 0 Å². The molecule has 0 fully saturated rings. The topological polar surface area (TPSA) is 52.6 Å². The van der Waals surface area contributed by atoms with Gasteiger partial charge in [0, 0.05) is 14.2 Å². The zero-order chi connectivity index (χ0) is 8.91. The van der Waals surface area contributed by atoms with Gasteiger partial charge in [0.2, 0.25) is 0 Å². The first-order chi connectivity index (χ1) is 4.99. The lowest BCUT2D eigenvalue weighted by atomic mass is 10.4.